The summed E-state index contributed by atoms with van der Waals surface area (Å²) in [5.74, 6) is -2.00. The number of carboxylic acids is 1. The molecule has 1 aromatic rings. The van der Waals surface area contributed by atoms with Gasteiger partial charge in [0.05, 0.1) is 13.2 Å². The van der Waals surface area contributed by atoms with Gasteiger partial charge in [-0.3, -0.25) is 9.59 Å². The molecule has 2 amide bonds. The van der Waals surface area contributed by atoms with E-state index in [2.05, 4.69) is 11.9 Å². The van der Waals surface area contributed by atoms with Crippen molar-refractivity contribution in [2.45, 2.75) is 13.0 Å². The lowest BCUT2D eigenvalue weighted by Gasteiger charge is -2.16. The molecule has 0 heterocycles. The molecule has 0 aromatic heterocycles. The van der Waals surface area contributed by atoms with Gasteiger partial charge in [0, 0.05) is 24.7 Å². The Kier molecular flexibility index (Phi) is 7.64. The predicted octanol–water partition coefficient (Wildman–Crippen LogP) is 1.16. The summed E-state index contributed by atoms with van der Waals surface area (Å²) < 4.78 is 5.08. The number of ether oxygens (including phenoxy) is 1. The van der Waals surface area contributed by atoms with Crippen LogP contribution in [0.2, 0.25) is 0 Å². The third-order valence-corrected chi connectivity index (χ3v) is 3.32. The van der Waals surface area contributed by atoms with Gasteiger partial charge in [-0.1, -0.05) is 12.1 Å². The van der Waals surface area contributed by atoms with Gasteiger partial charge in [-0.05, 0) is 25.1 Å². The molecule has 0 bridgehead atoms. The number of carbonyl (C=O) groups excluding carboxylic acids is 2. The van der Waals surface area contributed by atoms with E-state index < -0.39 is 17.9 Å². The van der Waals surface area contributed by atoms with Crippen molar-refractivity contribution in [3.63, 3.8) is 0 Å². The number of carboxylic acid groups (broad SMARTS) is 1. The van der Waals surface area contributed by atoms with Crippen LogP contribution in [0.1, 0.15) is 27.6 Å². The maximum atomic E-state index is 12.2. The molecule has 7 nitrogen and oxygen atoms in total. The molecule has 130 valence electrons. The van der Waals surface area contributed by atoms with Crippen molar-refractivity contribution in [3.05, 3.63) is 48.0 Å². The summed E-state index contributed by atoms with van der Waals surface area (Å²) in [7, 11) is 1.66. The fraction of sp³-hybridized carbons (Fsp3) is 0.353. The van der Waals surface area contributed by atoms with Gasteiger partial charge in [-0.25, -0.2) is 4.79 Å². The Morgan fingerprint density at radius 2 is 2.04 bits per heavy atom. The highest BCUT2D eigenvalue weighted by Crippen LogP contribution is 2.08. The van der Waals surface area contributed by atoms with E-state index in [0.29, 0.717) is 12.1 Å². The topological polar surface area (TPSA) is 95.9 Å². The fourth-order valence-corrected chi connectivity index (χ4v) is 1.84. The van der Waals surface area contributed by atoms with E-state index >= 15 is 0 Å². The quantitative estimate of drug-likeness (QED) is 0.522. The second kappa shape index (κ2) is 9.46. The second-order valence-corrected chi connectivity index (χ2v) is 5.09. The number of amides is 2. The Balaban J connectivity index is 2.84. The van der Waals surface area contributed by atoms with Crippen LogP contribution in [0.3, 0.4) is 0 Å². The van der Waals surface area contributed by atoms with E-state index in [4.69, 9.17) is 9.84 Å². The van der Waals surface area contributed by atoms with Gasteiger partial charge in [0.25, 0.3) is 11.8 Å². The lowest BCUT2D eigenvalue weighted by Crippen LogP contribution is -2.44. The monoisotopic (exact) mass is 334 g/mol. The molecule has 0 aliphatic rings. The summed E-state index contributed by atoms with van der Waals surface area (Å²) in [5.41, 5.74) is 0.571. The zero-order valence-corrected chi connectivity index (χ0v) is 13.8. The van der Waals surface area contributed by atoms with Crippen LogP contribution in [0.5, 0.6) is 0 Å². The fourth-order valence-electron chi connectivity index (χ4n) is 1.84. The summed E-state index contributed by atoms with van der Waals surface area (Å²) in [5, 5.41) is 11.5. The summed E-state index contributed by atoms with van der Waals surface area (Å²) in [6.07, 6.45) is 1.49. The highest BCUT2D eigenvalue weighted by molar-refractivity contribution is 6.00. The molecule has 1 atom stereocenters. The van der Waals surface area contributed by atoms with E-state index in [1.54, 1.807) is 19.2 Å². The predicted molar refractivity (Wildman–Crippen MR) is 89.0 cm³/mol. The first-order chi connectivity index (χ1) is 11.4. The molecular weight excluding hydrogens is 312 g/mol. The molecule has 2 N–H and O–H groups in total. The lowest BCUT2D eigenvalue weighted by atomic mass is 10.1. The number of benzene rings is 1. The smallest absolute Gasteiger partial charge is 0.328 e. The molecule has 1 unspecified atom stereocenters. The van der Waals surface area contributed by atoms with E-state index in [1.165, 1.54) is 23.1 Å². The molecular formula is C17H22N2O5. The molecule has 0 fully saturated rings. The molecule has 1 rings (SSSR count). The molecule has 0 spiro atoms. The maximum Gasteiger partial charge on any atom is 0.328 e. The van der Waals surface area contributed by atoms with Crippen molar-refractivity contribution in [1.29, 1.82) is 0 Å². The van der Waals surface area contributed by atoms with Gasteiger partial charge < -0.3 is 20.1 Å². The number of aliphatic carboxylic acids is 1. The first-order valence-electron chi connectivity index (χ1n) is 7.48. The number of nitrogens with one attached hydrogen (secondary N) is 1. The van der Waals surface area contributed by atoms with Crippen LogP contribution in [-0.4, -0.2) is 60.6 Å². The van der Waals surface area contributed by atoms with E-state index in [0.717, 1.165) is 0 Å². The standard InChI is InChI=1S/C17H22N2O5/c1-4-9-24-11-14(17(22)23)18-15(20)12-7-6-8-13(10-12)16(21)19(3)5-2/h4,6-8,10,14H,1,5,9,11H2,2-3H3,(H,18,20)(H,22,23). The lowest BCUT2D eigenvalue weighted by molar-refractivity contribution is -0.140. The third kappa shape index (κ3) is 5.51. The zero-order chi connectivity index (χ0) is 18.1. The van der Waals surface area contributed by atoms with E-state index in [1.807, 2.05) is 6.92 Å². The van der Waals surface area contributed by atoms with E-state index in [9.17, 15) is 14.4 Å². The van der Waals surface area contributed by atoms with Crippen LogP contribution in [0.25, 0.3) is 0 Å². The minimum atomic E-state index is -1.20. The van der Waals surface area contributed by atoms with Crippen LogP contribution >= 0.6 is 0 Å². The normalized spacial score (nSPS) is 11.4. The van der Waals surface area contributed by atoms with Crippen LogP contribution in [-0.2, 0) is 9.53 Å². The second-order valence-electron chi connectivity index (χ2n) is 5.09. The van der Waals surface area contributed by atoms with Crippen LogP contribution in [0.15, 0.2) is 36.9 Å². The highest BCUT2D eigenvalue weighted by Gasteiger charge is 2.21. The Hall–Kier alpha value is -2.67. The molecule has 0 saturated carbocycles. The number of rotatable bonds is 9. The van der Waals surface area contributed by atoms with Crippen molar-refractivity contribution in [2.24, 2.45) is 0 Å². The summed E-state index contributed by atoms with van der Waals surface area (Å²) >= 11 is 0. The maximum absolute atomic E-state index is 12.2. The van der Waals surface area contributed by atoms with Crippen molar-refractivity contribution in [1.82, 2.24) is 10.2 Å². The summed E-state index contributed by atoms with van der Waals surface area (Å²) in [6, 6.07) is 4.95. The van der Waals surface area contributed by atoms with Gasteiger partial charge >= 0.3 is 5.97 Å². The van der Waals surface area contributed by atoms with Crippen LogP contribution in [0, 0.1) is 0 Å². The van der Waals surface area contributed by atoms with Crippen LogP contribution in [0.4, 0.5) is 0 Å². The minimum absolute atomic E-state index is 0.176. The zero-order valence-electron chi connectivity index (χ0n) is 13.8. The average Bonchev–Trinajstić information content (AvgIpc) is 2.59. The third-order valence-electron chi connectivity index (χ3n) is 3.32. The molecule has 24 heavy (non-hydrogen) atoms. The highest BCUT2D eigenvalue weighted by atomic mass is 16.5. The summed E-state index contributed by atoms with van der Waals surface area (Å²) in [4.78, 5) is 37.1. The Bertz CT molecular complexity index is 615. The minimum Gasteiger partial charge on any atom is -0.480 e. The first-order valence-corrected chi connectivity index (χ1v) is 7.48. The molecule has 7 heteroatoms. The van der Waals surface area contributed by atoms with Gasteiger partial charge in [0.1, 0.15) is 0 Å². The van der Waals surface area contributed by atoms with Crippen molar-refractivity contribution in [2.75, 3.05) is 26.8 Å². The Morgan fingerprint density at radius 3 is 2.62 bits per heavy atom. The van der Waals surface area contributed by atoms with Gasteiger partial charge in [-0.2, -0.15) is 0 Å². The first kappa shape index (κ1) is 19.4. The van der Waals surface area contributed by atoms with Crippen molar-refractivity contribution >= 4 is 17.8 Å². The molecule has 1 aromatic carbocycles. The Morgan fingerprint density at radius 1 is 1.38 bits per heavy atom. The van der Waals surface area contributed by atoms with Crippen molar-refractivity contribution in [3.8, 4) is 0 Å². The molecule has 0 aliphatic carbocycles. The van der Waals surface area contributed by atoms with Crippen molar-refractivity contribution < 1.29 is 24.2 Å². The largest absolute Gasteiger partial charge is 0.480 e. The van der Waals surface area contributed by atoms with Gasteiger partial charge in [0.2, 0.25) is 0 Å². The number of nitrogens with zero attached hydrogens (tertiary/aromatic N) is 1. The number of carbonyl (C=O) groups is 3. The average molecular weight is 334 g/mol. The van der Waals surface area contributed by atoms with Gasteiger partial charge in [-0.15, -0.1) is 6.58 Å². The van der Waals surface area contributed by atoms with Crippen LogP contribution < -0.4 is 5.32 Å². The number of hydrogen-bond donors (Lipinski definition) is 2. The molecule has 0 aliphatic heterocycles. The van der Waals surface area contributed by atoms with E-state index in [-0.39, 0.29) is 24.7 Å². The molecule has 0 saturated heterocycles. The number of hydrogen-bond acceptors (Lipinski definition) is 4. The SMILES string of the molecule is C=CCOCC(NC(=O)c1cccc(C(=O)N(C)CC)c1)C(=O)O. The molecule has 0 radical (unpaired) electrons. The Labute approximate surface area is 140 Å². The summed E-state index contributed by atoms with van der Waals surface area (Å²) in [6.45, 7) is 5.85. The van der Waals surface area contributed by atoms with Gasteiger partial charge in [0.15, 0.2) is 6.04 Å².